The number of likely N-dealkylation sites (tertiary alicyclic amines) is 1. The van der Waals surface area contributed by atoms with Crippen molar-refractivity contribution in [2.24, 2.45) is 5.92 Å². The monoisotopic (exact) mass is 253 g/mol. The van der Waals surface area contributed by atoms with Gasteiger partial charge in [-0.1, -0.05) is 0 Å². The normalized spacial score (nSPS) is 25.9. The highest BCUT2D eigenvalue weighted by molar-refractivity contribution is 5.68. The van der Waals surface area contributed by atoms with Gasteiger partial charge in [-0.3, -0.25) is 0 Å². The van der Waals surface area contributed by atoms with E-state index in [0.717, 1.165) is 25.9 Å². The average molecular weight is 253 g/mol. The summed E-state index contributed by atoms with van der Waals surface area (Å²) in [7, 11) is 2.03. The topological polar surface area (TPSA) is 65.4 Å². The fourth-order valence-electron chi connectivity index (χ4n) is 2.02. The Morgan fingerprint density at radius 2 is 2.00 bits per heavy atom. The molecule has 1 saturated heterocycles. The number of carbonyl (C=O) groups is 1. The fourth-order valence-corrected chi connectivity index (χ4v) is 2.02. The Morgan fingerprint density at radius 3 is 2.56 bits per heavy atom. The Morgan fingerprint density at radius 1 is 1.39 bits per heavy atom. The van der Waals surface area contributed by atoms with Gasteiger partial charge in [-0.15, -0.1) is 0 Å². The number of nitriles is 1. The number of nitrogens with one attached hydrogen (secondary N) is 1. The molecule has 0 radical (unpaired) electrons. The number of nitrogens with zero attached hydrogens (tertiary/aromatic N) is 2. The number of amides is 1. The maximum absolute atomic E-state index is 11.7. The van der Waals surface area contributed by atoms with Crippen molar-refractivity contribution in [3.05, 3.63) is 0 Å². The van der Waals surface area contributed by atoms with Crippen LogP contribution < -0.4 is 5.32 Å². The van der Waals surface area contributed by atoms with Gasteiger partial charge in [0.1, 0.15) is 5.60 Å². The molecule has 0 aromatic rings. The third kappa shape index (κ3) is 4.92. The SMILES string of the molecule is CN1CC[C@@H](C#N)[C@H](NC(=O)OC(C)(C)C)CC1. The van der Waals surface area contributed by atoms with Crippen LogP contribution >= 0.6 is 0 Å². The summed E-state index contributed by atoms with van der Waals surface area (Å²) >= 11 is 0. The quantitative estimate of drug-likeness (QED) is 0.773. The van der Waals surface area contributed by atoms with E-state index in [-0.39, 0.29) is 12.0 Å². The minimum atomic E-state index is -0.506. The highest BCUT2D eigenvalue weighted by Gasteiger charge is 2.28. The number of hydrogen-bond acceptors (Lipinski definition) is 4. The predicted molar refractivity (Wildman–Crippen MR) is 69.0 cm³/mol. The van der Waals surface area contributed by atoms with Gasteiger partial charge < -0.3 is 15.0 Å². The summed E-state index contributed by atoms with van der Waals surface area (Å²) in [6.45, 7) is 7.27. The third-order valence-corrected chi connectivity index (χ3v) is 3.00. The number of carbonyl (C=O) groups excluding carboxylic acids is 1. The highest BCUT2D eigenvalue weighted by Crippen LogP contribution is 2.17. The molecule has 18 heavy (non-hydrogen) atoms. The van der Waals surface area contributed by atoms with Crippen LogP contribution in [0.4, 0.5) is 4.79 Å². The zero-order chi connectivity index (χ0) is 13.8. The third-order valence-electron chi connectivity index (χ3n) is 3.00. The maximum Gasteiger partial charge on any atom is 0.407 e. The van der Waals surface area contributed by atoms with Crippen LogP contribution in [-0.2, 0) is 4.74 Å². The highest BCUT2D eigenvalue weighted by atomic mass is 16.6. The van der Waals surface area contributed by atoms with Gasteiger partial charge in [0.05, 0.1) is 12.0 Å². The summed E-state index contributed by atoms with van der Waals surface area (Å²) in [6.07, 6.45) is 1.14. The molecule has 1 N–H and O–H groups in total. The molecule has 0 aromatic heterocycles. The lowest BCUT2D eigenvalue weighted by Gasteiger charge is -2.24. The van der Waals surface area contributed by atoms with E-state index in [1.54, 1.807) is 0 Å². The standard InChI is InChI=1S/C13H23N3O2/c1-13(2,3)18-12(17)15-11-6-8-16(4)7-5-10(11)9-14/h10-11H,5-8H2,1-4H3,(H,15,17)/t10-,11+/m0/s1. The molecule has 0 aliphatic carbocycles. The zero-order valence-corrected chi connectivity index (χ0v) is 11.7. The van der Waals surface area contributed by atoms with Crippen LogP contribution in [-0.4, -0.2) is 42.8 Å². The van der Waals surface area contributed by atoms with Crippen molar-refractivity contribution in [2.45, 2.75) is 45.3 Å². The van der Waals surface area contributed by atoms with Gasteiger partial charge in [0.2, 0.25) is 0 Å². The minimum absolute atomic E-state index is 0.116. The first kappa shape index (κ1) is 14.8. The van der Waals surface area contributed by atoms with E-state index in [4.69, 9.17) is 10.00 Å². The van der Waals surface area contributed by atoms with Crippen molar-refractivity contribution in [2.75, 3.05) is 20.1 Å². The van der Waals surface area contributed by atoms with E-state index in [0.29, 0.717) is 0 Å². The first-order valence-electron chi connectivity index (χ1n) is 6.39. The maximum atomic E-state index is 11.7. The second-order valence-corrected chi connectivity index (χ2v) is 5.87. The molecule has 0 bridgehead atoms. The van der Waals surface area contributed by atoms with Gasteiger partial charge in [0, 0.05) is 6.04 Å². The molecule has 1 amide bonds. The summed E-state index contributed by atoms with van der Waals surface area (Å²) in [5.41, 5.74) is -0.506. The van der Waals surface area contributed by atoms with Crippen LogP contribution in [0, 0.1) is 17.2 Å². The van der Waals surface area contributed by atoms with E-state index in [9.17, 15) is 4.79 Å². The Kier molecular flexibility index (Phi) is 4.97. The summed E-state index contributed by atoms with van der Waals surface area (Å²) in [4.78, 5) is 13.9. The van der Waals surface area contributed by atoms with Crippen LogP contribution in [0.5, 0.6) is 0 Å². The van der Waals surface area contributed by atoms with Crippen molar-refractivity contribution in [3.8, 4) is 6.07 Å². The first-order valence-corrected chi connectivity index (χ1v) is 6.39. The van der Waals surface area contributed by atoms with Crippen LogP contribution in [0.25, 0.3) is 0 Å². The van der Waals surface area contributed by atoms with Gasteiger partial charge in [-0.2, -0.15) is 5.26 Å². The molecule has 1 rings (SSSR count). The Bertz CT molecular complexity index is 330. The largest absolute Gasteiger partial charge is 0.444 e. The minimum Gasteiger partial charge on any atom is -0.444 e. The molecule has 0 unspecified atom stereocenters. The van der Waals surface area contributed by atoms with Crippen molar-refractivity contribution >= 4 is 6.09 Å². The van der Waals surface area contributed by atoms with Crippen LogP contribution in [0.2, 0.25) is 0 Å². The molecular weight excluding hydrogens is 230 g/mol. The molecule has 1 aliphatic rings. The first-order chi connectivity index (χ1) is 8.31. The van der Waals surface area contributed by atoms with Gasteiger partial charge in [-0.05, 0) is 53.8 Å². The zero-order valence-electron chi connectivity index (χ0n) is 11.7. The van der Waals surface area contributed by atoms with Crippen molar-refractivity contribution in [1.29, 1.82) is 5.26 Å². The molecule has 5 heteroatoms. The lowest BCUT2D eigenvalue weighted by atomic mass is 9.97. The Hall–Kier alpha value is -1.28. The average Bonchev–Trinajstić information content (AvgIpc) is 2.39. The van der Waals surface area contributed by atoms with Crippen LogP contribution in [0.1, 0.15) is 33.6 Å². The molecule has 0 aromatic carbocycles. The van der Waals surface area contributed by atoms with Crippen molar-refractivity contribution < 1.29 is 9.53 Å². The molecule has 0 spiro atoms. The second-order valence-electron chi connectivity index (χ2n) is 5.87. The molecular formula is C13H23N3O2. The Labute approximate surface area is 109 Å². The summed E-state index contributed by atoms with van der Waals surface area (Å²) in [5.74, 6) is -0.137. The molecule has 1 fully saturated rings. The number of hydrogen-bond donors (Lipinski definition) is 1. The fraction of sp³-hybridized carbons (Fsp3) is 0.846. The van der Waals surface area contributed by atoms with Crippen molar-refractivity contribution in [1.82, 2.24) is 10.2 Å². The Balaban J connectivity index is 2.57. The van der Waals surface area contributed by atoms with E-state index < -0.39 is 11.7 Å². The van der Waals surface area contributed by atoms with Gasteiger partial charge in [-0.25, -0.2) is 4.79 Å². The summed E-state index contributed by atoms with van der Waals surface area (Å²) in [5, 5.41) is 12.0. The van der Waals surface area contributed by atoms with Gasteiger partial charge in [0.15, 0.2) is 0 Å². The number of ether oxygens (including phenoxy) is 1. The second kappa shape index (κ2) is 6.05. The van der Waals surface area contributed by atoms with E-state index >= 15 is 0 Å². The van der Waals surface area contributed by atoms with Gasteiger partial charge >= 0.3 is 6.09 Å². The molecule has 0 saturated carbocycles. The number of rotatable bonds is 1. The lowest BCUT2D eigenvalue weighted by molar-refractivity contribution is 0.0491. The van der Waals surface area contributed by atoms with Crippen LogP contribution in [0.3, 0.4) is 0 Å². The summed E-state index contributed by atoms with van der Waals surface area (Å²) in [6, 6.07) is 2.17. The molecule has 5 nitrogen and oxygen atoms in total. The van der Waals surface area contributed by atoms with Gasteiger partial charge in [0.25, 0.3) is 0 Å². The predicted octanol–water partition coefficient (Wildman–Crippen LogP) is 1.75. The van der Waals surface area contributed by atoms with E-state index in [1.807, 2.05) is 27.8 Å². The molecule has 1 heterocycles. The van der Waals surface area contributed by atoms with Crippen molar-refractivity contribution in [3.63, 3.8) is 0 Å². The molecule has 1 aliphatic heterocycles. The van der Waals surface area contributed by atoms with E-state index in [2.05, 4.69) is 16.3 Å². The molecule has 102 valence electrons. The molecule has 2 atom stereocenters. The number of alkyl carbamates (subject to hydrolysis) is 1. The lowest BCUT2D eigenvalue weighted by Crippen LogP contribution is -2.42. The van der Waals surface area contributed by atoms with Crippen LogP contribution in [0.15, 0.2) is 0 Å². The van der Waals surface area contributed by atoms with E-state index in [1.165, 1.54) is 0 Å². The summed E-state index contributed by atoms with van der Waals surface area (Å²) < 4.78 is 5.23. The smallest absolute Gasteiger partial charge is 0.407 e.